The van der Waals surface area contributed by atoms with Crippen LogP contribution in [0.3, 0.4) is 0 Å². The first-order chi connectivity index (χ1) is 10.1. The van der Waals surface area contributed by atoms with Crippen LogP contribution in [-0.4, -0.2) is 38.7 Å². The van der Waals surface area contributed by atoms with Gasteiger partial charge in [0.1, 0.15) is 5.75 Å². The number of benzene rings is 2. The molecule has 2 aromatic carbocycles. The van der Waals surface area contributed by atoms with Crippen LogP contribution in [0.5, 0.6) is 17.2 Å². The minimum Gasteiger partial charge on any atom is -0.507 e. The Kier molecular flexibility index (Phi) is 4.67. The topological polar surface area (TPSA) is 101 Å². The van der Waals surface area contributed by atoms with Crippen LogP contribution in [0.15, 0.2) is 30.3 Å². The molecular weight excluding hydrogens is 272 g/mol. The molecule has 0 aliphatic rings. The average Bonchev–Trinajstić information content (AvgIpc) is 2.45. The van der Waals surface area contributed by atoms with Crippen LogP contribution in [0.2, 0.25) is 0 Å². The molecule has 0 radical (unpaired) electrons. The first-order valence-corrected chi connectivity index (χ1v) is 6.65. The molecule has 0 aliphatic heterocycles. The predicted molar refractivity (Wildman–Crippen MR) is 78.5 cm³/mol. The highest BCUT2D eigenvalue weighted by Crippen LogP contribution is 2.41. The molecule has 0 fully saturated rings. The van der Waals surface area contributed by atoms with Gasteiger partial charge in [-0.1, -0.05) is 6.07 Å². The lowest BCUT2D eigenvalue weighted by molar-refractivity contribution is 0.299. The molecular formula is C16H18O5. The minimum absolute atomic E-state index is 0.0218. The van der Waals surface area contributed by atoms with Crippen LogP contribution in [0, 0.1) is 0 Å². The molecule has 0 amide bonds. The molecule has 0 saturated carbocycles. The van der Waals surface area contributed by atoms with Gasteiger partial charge in [-0.2, -0.15) is 0 Å². The number of aliphatic hydroxyl groups is 2. The molecule has 21 heavy (non-hydrogen) atoms. The largest absolute Gasteiger partial charge is 0.507 e. The van der Waals surface area contributed by atoms with Crippen LogP contribution < -0.4 is 0 Å². The summed E-state index contributed by atoms with van der Waals surface area (Å²) in [5.74, 6) is -0.663. The van der Waals surface area contributed by atoms with E-state index in [-0.39, 0.29) is 36.0 Å². The van der Waals surface area contributed by atoms with Crippen molar-refractivity contribution in [3.63, 3.8) is 0 Å². The van der Waals surface area contributed by atoms with Gasteiger partial charge in [0, 0.05) is 24.3 Å². The fourth-order valence-electron chi connectivity index (χ4n) is 2.24. The van der Waals surface area contributed by atoms with Crippen molar-refractivity contribution in [3.05, 3.63) is 41.5 Å². The van der Waals surface area contributed by atoms with E-state index in [2.05, 4.69) is 0 Å². The molecule has 2 rings (SSSR count). The molecule has 0 spiro atoms. The summed E-state index contributed by atoms with van der Waals surface area (Å²) in [6.45, 7) is -0.105. The highest BCUT2D eigenvalue weighted by molar-refractivity contribution is 5.78. The maximum atomic E-state index is 10.0. The molecule has 5 heteroatoms. The summed E-state index contributed by atoms with van der Waals surface area (Å²) in [6.07, 6.45) is 0.758. The molecule has 0 heterocycles. The molecule has 0 bridgehead atoms. The third-order valence-electron chi connectivity index (χ3n) is 3.30. The van der Waals surface area contributed by atoms with Gasteiger partial charge in [-0.05, 0) is 48.2 Å². The number of rotatable bonds is 5. The monoisotopic (exact) mass is 290 g/mol. The Morgan fingerprint density at radius 3 is 1.95 bits per heavy atom. The second-order valence-electron chi connectivity index (χ2n) is 4.81. The molecule has 5 nitrogen and oxygen atoms in total. The standard InChI is InChI=1S/C16H18O5/c17-5-3-10-1-2-14(19)12(7-10)13-8-11(4-6-18)9-15(20)16(13)21/h1-2,7-9,17-21H,3-6H2. The molecule has 0 aromatic heterocycles. The van der Waals surface area contributed by atoms with E-state index in [0.717, 1.165) is 5.56 Å². The van der Waals surface area contributed by atoms with Crippen molar-refractivity contribution in [2.75, 3.05) is 13.2 Å². The van der Waals surface area contributed by atoms with Crippen molar-refractivity contribution in [3.8, 4) is 28.4 Å². The van der Waals surface area contributed by atoms with Gasteiger partial charge >= 0.3 is 0 Å². The number of phenols is 3. The molecule has 112 valence electrons. The highest BCUT2D eigenvalue weighted by atomic mass is 16.3. The Labute approximate surface area is 122 Å². The first kappa shape index (κ1) is 15.2. The van der Waals surface area contributed by atoms with Gasteiger partial charge in [0.25, 0.3) is 0 Å². The number of hydrogen-bond donors (Lipinski definition) is 5. The van der Waals surface area contributed by atoms with E-state index >= 15 is 0 Å². The highest BCUT2D eigenvalue weighted by Gasteiger charge is 2.15. The molecule has 2 aromatic rings. The van der Waals surface area contributed by atoms with Gasteiger partial charge in [-0.25, -0.2) is 0 Å². The second-order valence-corrected chi connectivity index (χ2v) is 4.81. The lowest BCUT2D eigenvalue weighted by atomic mass is 9.97. The summed E-state index contributed by atoms with van der Waals surface area (Å²) < 4.78 is 0. The van der Waals surface area contributed by atoms with Crippen molar-refractivity contribution in [2.24, 2.45) is 0 Å². The molecule has 0 aliphatic carbocycles. The van der Waals surface area contributed by atoms with Crippen molar-refractivity contribution in [1.82, 2.24) is 0 Å². The third kappa shape index (κ3) is 3.26. The van der Waals surface area contributed by atoms with E-state index in [0.29, 0.717) is 24.0 Å². The van der Waals surface area contributed by atoms with E-state index in [1.807, 2.05) is 0 Å². The van der Waals surface area contributed by atoms with E-state index in [9.17, 15) is 15.3 Å². The number of aromatic hydroxyl groups is 3. The van der Waals surface area contributed by atoms with Gasteiger partial charge in [-0.3, -0.25) is 0 Å². The number of phenolic OH excluding ortho intramolecular Hbond substituents is 3. The summed E-state index contributed by atoms with van der Waals surface area (Å²) in [7, 11) is 0. The Bertz CT molecular complexity index is 637. The third-order valence-corrected chi connectivity index (χ3v) is 3.30. The van der Waals surface area contributed by atoms with Crippen molar-refractivity contribution >= 4 is 0 Å². The Morgan fingerprint density at radius 1 is 0.667 bits per heavy atom. The molecule has 0 unspecified atom stereocenters. The normalized spacial score (nSPS) is 10.8. The number of hydrogen-bond acceptors (Lipinski definition) is 5. The van der Waals surface area contributed by atoms with Gasteiger partial charge in [-0.15, -0.1) is 0 Å². The van der Waals surface area contributed by atoms with E-state index in [4.69, 9.17) is 10.2 Å². The van der Waals surface area contributed by atoms with Crippen LogP contribution in [-0.2, 0) is 12.8 Å². The lowest BCUT2D eigenvalue weighted by Crippen LogP contribution is -1.94. The summed E-state index contributed by atoms with van der Waals surface area (Å²) in [6, 6.07) is 7.81. The predicted octanol–water partition coefficient (Wildman–Crippen LogP) is 1.54. The summed E-state index contributed by atoms with van der Waals surface area (Å²) in [5.41, 5.74) is 2.11. The van der Waals surface area contributed by atoms with E-state index < -0.39 is 0 Å². The van der Waals surface area contributed by atoms with Crippen LogP contribution in [0.1, 0.15) is 11.1 Å². The Balaban J connectivity index is 2.57. The quantitative estimate of drug-likeness (QED) is 0.538. The zero-order valence-corrected chi connectivity index (χ0v) is 11.5. The first-order valence-electron chi connectivity index (χ1n) is 6.65. The van der Waals surface area contributed by atoms with Gasteiger partial charge < -0.3 is 25.5 Å². The maximum Gasteiger partial charge on any atom is 0.165 e. The second kappa shape index (κ2) is 6.47. The fourth-order valence-corrected chi connectivity index (χ4v) is 2.24. The van der Waals surface area contributed by atoms with Crippen molar-refractivity contribution in [1.29, 1.82) is 0 Å². The van der Waals surface area contributed by atoms with Crippen LogP contribution >= 0.6 is 0 Å². The smallest absolute Gasteiger partial charge is 0.165 e. The zero-order valence-electron chi connectivity index (χ0n) is 11.5. The summed E-state index contributed by atoms with van der Waals surface area (Å²) >= 11 is 0. The summed E-state index contributed by atoms with van der Waals surface area (Å²) in [4.78, 5) is 0. The zero-order chi connectivity index (χ0) is 15.4. The average molecular weight is 290 g/mol. The Morgan fingerprint density at radius 2 is 1.29 bits per heavy atom. The summed E-state index contributed by atoms with van der Waals surface area (Å²) in [5, 5.41) is 47.8. The van der Waals surface area contributed by atoms with E-state index in [1.54, 1.807) is 18.2 Å². The van der Waals surface area contributed by atoms with Gasteiger partial charge in [0.05, 0.1) is 0 Å². The lowest BCUT2D eigenvalue weighted by Gasteiger charge is -2.12. The number of aliphatic hydroxyl groups excluding tert-OH is 2. The van der Waals surface area contributed by atoms with Gasteiger partial charge in [0.15, 0.2) is 11.5 Å². The van der Waals surface area contributed by atoms with Gasteiger partial charge in [0.2, 0.25) is 0 Å². The van der Waals surface area contributed by atoms with Crippen LogP contribution in [0.4, 0.5) is 0 Å². The maximum absolute atomic E-state index is 10.0. The minimum atomic E-state index is -0.326. The van der Waals surface area contributed by atoms with Crippen molar-refractivity contribution in [2.45, 2.75) is 12.8 Å². The van der Waals surface area contributed by atoms with Crippen molar-refractivity contribution < 1.29 is 25.5 Å². The fraction of sp³-hybridized carbons (Fsp3) is 0.250. The SMILES string of the molecule is OCCc1ccc(O)c(-c2cc(CCO)cc(O)c2O)c1. The van der Waals surface area contributed by atoms with E-state index in [1.165, 1.54) is 12.1 Å². The Hall–Kier alpha value is -2.24. The molecule has 0 saturated heterocycles. The molecule has 0 atom stereocenters. The molecule has 5 N–H and O–H groups in total. The van der Waals surface area contributed by atoms with Crippen LogP contribution in [0.25, 0.3) is 11.1 Å².